The molecule has 0 bridgehead atoms. The molecule has 0 amide bonds. The molecule has 1 spiro atoms. The lowest BCUT2D eigenvalue weighted by atomic mass is 9.80. The van der Waals surface area contributed by atoms with Crippen molar-refractivity contribution >= 4 is 21.5 Å². The fraction of sp³-hybridized carbons (Fsp3) is 0.548. The Balaban J connectivity index is 0.000000833. The predicted molar refractivity (Wildman–Crippen MR) is 159 cm³/mol. The van der Waals surface area contributed by atoms with Crippen LogP contribution < -0.4 is 9.46 Å². The summed E-state index contributed by atoms with van der Waals surface area (Å²) in [5, 5.41) is 9.13. The van der Waals surface area contributed by atoms with Crippen molar-refractivity contribution in [3.05, 3.63) is 58.7 Å². The lowest BCUT2D eigenvalue weighted by Gasteiger charge is -2.46. The summed E-state index contributed by atoms with van der Waals surface area (Å²) in [5.74, 6) is 0.542. The molecule has 7 nitrogen and oxygen atoms in total. The number of aryl methyl sites for hydroxylation is 1. The number of ketones is 1. The maximum Gasteiger partial charge on any atom is 0.229 e. The van der Waals surface area contributed by atoms with Gasteiger partial charge in [-0.25, -0.2) is 8.42 Å². The minimum atomic E-state index is -3.41. The smallest absolute Gasteiger partial charge is 0.229 e. The standard InChI is InChI=1S/C25H27N3O4S.3C2H6/c1-33(30,31)27-20-5-7-24-22(14-20)23(29)15-25(32-24)8-10-28(11-9-25)21-6-4-18-12-17(16-26)2-3-19(18)13-21;3*1-2/h2-3,5,7,12,14,21,27H,4,6,8-11,13,15H2,1H3;3*1-2H3. The average molecular weight is 556 g/mol. The van der Waals surface area contributed by atoms with Gasteiger partial charge in [0.2, 0.25) is 10.0 Å². The van der Waals surface area contributed by atoms with E-state index in [1.165, 1.54) is 11.1 Å². The zero-order valence-corrected chi connectivity index (χ0v) is 25.5. The van der Waals surface area contributed by atoms with Gasteiger partial charge in [0.25, 0.3) is 0 Å². The summed E-state index contributed by atoms with van der Waals surface area (Å²) in [5.41, 5.74) is 3.69. The Hall–Kier alpha value is -2.89. The Morgan fingerprint density at radius 2 is 1.67 bits per heavy atom. The molecule has 0 radical (unpaired) electrons. The molecule has 1 aliphatic carbocycles. The Bertz CT molecular complexity index is 1260. The number of fused-ring (bicyclic) bond motifs is 2. The fourth-order valence-electron chi connectivity index (χ4n) is 5.46. The summed E-state index contributed by atoms with van der Waals surface area (Å²) in [6.07, 6.45) is 6.04. The molecule has 8 heteroatoms. The van der Waals surface area contributed by atoms with Gasteiger partial charge in [0.05, 0.1) is 29.9 Å². The highest BCUT2D eigenvalue weighted by Crippen LogP contribution is 2.41. The lowest BCUT2D eigenvalue weighted by molar-refractivity contribution is -0.0200. The van der Waals surface area contributed by atoms with E-state index < -0.39 is 15.6 Å². The van der Waals surface area contributed by atoms with Crippen molar-refractivity contribution in [1.29, 1.82) is 5.26 Å². The topological polar surface area (TPSA) is 99.5 Å². The zero-order valence-electron chi connectivity index (χ0n) is 24.6. The molecule has 1 fully saturated rings. The van der Waals surface area contributed by atoms with E-state index in [2.05, 4.69) is 21.8 Å². The lowest BCUT2D eigenvalue weighted by Crippen LogP contribution is -2.54. The molecular formula is C31H45N3O4S. The van der Waals surface area contributed by atoms with Gasteiger partial charge in [-0.05, 0) is 60.7 Å². The van der Waals surface area contributed by atoms with Gasteiger partial charge in [-0.3, -0.25) is 14.4 Å². The number of rotatable bonds is 3. The summed E-state index contributed by atoms with van der Waals surface area (Å²) in [6, 6.07) is 13.6. The molecule has 0 aromatic heterocycles. The number of nitriles is 1. The Labute approximate surface area is 235 Å². The predicted octanol–water partition coefficient (Wildman–Crippen LogP) is 6.37. The summed E-state index contributed by atoms with van der Waals surface area (Å²) in [7, 11) is -3.41. The number of likely N-dealkylation sites (tertiary alicyclic amines) is 1. The van der Waals surface area contributed by atoms with E-state index in [1.807, 2.05) is 53.7 Å². The Morgan fingerprint density at radius 3 is 2.28 bits per heavy atom. The molecule has 39 heavy (non-hydrogen) atoms. The van der Waals surface area contributed by atoms with E-state index in [0.717, 1.165) is 57.0 Å². The molecule has 1 N–H and O–H groups in total. The van der Waals surface area contributed by atoms with Gasteiger partial charge < -0.3 is 4.74 Å². The molecule has 5 rings (SSSR count). The monoisotopic (exact) mass is 555 g/mol. The third-order valence-corrected chi connectivity index (χ3v) is 7.76. The van der Waals surface area contributed by atoms with Crippen LogP contribution in [0.3, 0.4) is 0 Å². The molecule has 3 aliphatic rings. The van der Waals surface area contributed by atoms with Crippen LogP contribution in [-0.2, 0) is 22.9 Å². The van der Waals surface area contributed by atoms with Crippen molar-refractivity contribution in [3.63, 3.8) is 0 Å². The number of nitrogens with one attached hydrogen (secondary N) is 1. The number of ether oxygens (including phenoxy) is 1. The van der Waals surface area contributed by atoms with E-state index in [0.29, 0.717) is 29.5 Å². The summed E-state index contributed by atoms with van der Waals surface area (Å²) in [6.45, 7) is 13.8. The van der Waals surface area contributed by atoms with Crippen LogP contribution in [0.25, 0.3) is 0 Å². The van der Waals surface area contributed by atoms with Gasteiger partial charge in [0.15, 0.2) is 5.78 Å². The van der Waals surface area contributed by atoms with Gasteiger partial charge in [-0.2, -0.15) is 5.26 Å². The second-order valence-corrected chi connectivity index (χ2v) is 11.2. The van der Waals surface area contributed by atoms with Gasteiger partial charge in [0.1, 0.15) is 11.4 Å². The van der Waals surface area contributed by atoms with Crippen molar-refractivity contribution in [2.45, 2.75) is 91.7 Å². The van der Waals surface area contributed by atoms with E-state index in [-0.39, 0.29) is 5.78 Å². The number of sulfonamides is 1. The Morgan fingerprint density at radius 1 is 1.00 bits per heavy atom. The van der Waals surface area contributed by atoms with Crippen LogP contribution in [0.1, 0.15) is 94.3 Å². The highest BCUT2D eigenvalue weighted by atomic mass is 32.2. The first-order valence-corrected chi connectivity index (χ1v) is 16.2. The van der Waals surface area contributed by atoms with E-state index in [4.69, 9.17) is 10.00 Å². The van der Waals surface area contributed by atoms with Crippen LogP contribution in [0, 0.1) is 11.3 Å². The number of hydrogen-bond acceptors (Lipinski definition) is 6. The summed E-state index contributed by atoms with van der Waals surface area (Å²) < 4.78 is 31.8. The Kier molecular flexibility index (Phi) is 12.0. The van der Waals surface area contributed by atoms with Crippen LogP contribution in [0.5, 0.6) is 5.75 Å². The quantitative estimate of drug-likeness (QED) is 0.473. The van der Waals surface area contributed by atoms with Gasteiger partial charge >= 0.3 is 0 Å². The maximum atomic E-state index is 13.0. The molecule has 214 valence electrons. The first-order chi connectivity index (χ1) is 18.7. The van der Waals surface area contributed by atoms with Crippen molar-refractivity contribution in [2.75, 3.05) is 24.1 Å². The molecule has 1 unspecified atom stereocenters. The van der Waals surface area contributed by atoms with Crippen LogP contribution in [0.4, 0.5) is 5.69 Å². The van der Waals surface area contributed by atoms with E-state index >= 15 is 0 Å². The molecule has 2 heterocycles. The van der Waals surface area contributed by atoms with Crippen molar-refractivity contribution in [3.8, 4) is 11.8 Å². The first-order valence-electron chi connectivity index (χ1n) is 14.3. The van der Waals surface area contributed by atoms with Gasteiger partial charge in [-0.15, -0.1) is 0 Å². The third-order valence-electron chi connectivity index (χ3n) is 7.16. The average Bonchev–Trinajstić information content (AvgIpc) is 2.96. The number of piperidine rings is 1. The van der Waals surface area contributed by atoms with Crippen LogP contribution in [0.15, 0.2) is 36.4 Å². The van der Waals surface area contributed by atoms with Crippen molar-refractivity contribution in [2.24, 2.45) is 0 Å². The number of nitrogens with zero attached hydrogens (tertiary/aromatic N) is 2. The normalized spacial score (nSPS) is 19.1. The number of anilines is 1. The number of benzene rings is 2. The number of Topliss-reactive ketones (excluding diaryl/α,β-unsaturated/α-hetero) is 1. The van der Waals surface area contributed by atoms with Gasteiger partial charge in [-0.1, -0.05) is 47.6 Å². The third kappa shape index (κ3) is 8.06. The van der Waals surface area contributed by atoms with Crippen LogP contribution in [0.2, 0.25) is 0 Å². The largest absolute Gasteiger partial charge is 0.486 e. The highest BCUT2D eigenvalue weighted by molar-refractivity contribution is 7.92. The fourth-order valence-corrected chi connectivity index (χ4v) is 6.02. The maximum absolute atomic E-state index is 13.0. The molecule has 1 saturated heterocycles. The SMILES string of the molecule is CC.CC.CC.CS(=O)(=O)Nc1ccc2c(c1)C(=O)CC1(CCN(C3CCc4cc(C#N)ccc4C3)CC1)O2. The second-order valence-electron chi connectivity index (χ2n) is 9.50. The first kappa shape index (κ1) is 32.3. The second kappa shape index (κ2) is 14.5. The number of carbonyl (C=O) groups excluding carboxylic acids is 1. The van der Waals surface area contributed by atoms with Crippen LogP contribution >= 0.6 is 0 Å². The number of hydrogen-bond donors (Lipinski definition) is 1. The van der Waals surface area contributed by atoms with Crippen molar-refractivity contribution in [1.82, 2.24) is 4.90 Å². The van der Waals surface area contributed by atoms with E-state index in [1.54, 1.807) is 18.2 Å². The van der Waals surface area contributed by atoms with Crippen molar-refractivity contribution < 1.29 is 17.9 Å². The minimum Gasteiger partial charge on any atom is -0.486 e. The van der Waals surface area contributed by atoms with Gasteiger partial charge in [0, 0.05) is 37.7 Å². The zero-order chi connectivity index (χ0) is 29.2. The summed E-state index contributed by atoms with van der Waals surface area (Å²) in [4.78, 5) is 15.5. The highest BCUT2D eigenvalue weighted by Gasteiger charge is 2.44. The molecule has 1 atom stereocenters. The molecule has 0 saturated carbocycles. The molecule has 2 aromatic carbocycles. The molecule has 2 aromatic rings. The molecular weight excluding hydrogens is 510 g/mol. The van der Waals surface area contributed by atoms with E-state index in [9.17, 15) is 13.2 Å². The molecule has 2 aliphatic heterocycles. The van der Waals surface area contributed by atoms with Crippen LogP contribution in [-0.4, -0.2) is 50.1 Å². The minimum absolute atomic E-state index is 0.00161. The number of carbonyl (C=O) groups is 1. The summed E-state index contributed by atoms with van der Waals surface area (Å²) >= 11 is 0.